The van der Waals surface area contributed by atoms with Crippen LogP contribution in [0.3, 0.4) is 0 Å². The van der Waals surface area contributed by atoms with Crippen molar-refractivity contribution in [2.45, 2.75) is 0 Å². The number of morpholine rings is 1. The Morgan fingerprint density at radius 3 is 2.76 bits per heavy atom. The van der Waals surface area contributed by atoms with Crippen LogP contribution in [0, 0.1) is 0 Å². The van der Waals surface area contributed by atoms with E-state index in [0.717, 1.165) is 16.3 Å². The Balaban J connectivity index is 1.59. The van der Waals surface area contributed by atoms with Gasteiger partial charge in [-0.1, -0.05) is 0 Å². The topological polar surface area (TPSA) is 72.9 Å². The highest BCUT2D eigenvalue weighted by Crippen LogP contribution is 2.25. The van der Waals surface area contributed by atoms with Gasteiger partial charge in [0.2, 0.25) is 0 Å². The third kappa shape index (κ3) is 4.99. The molecular formula is C17H21N3O4S. The number of hydrazine groups is 1. The van der Waals surface area contributed by atoms with Gasteiger partial charge in [0, 0.05) is 31.1 Å². The van der Waals surface area contributed by atoms with Gasteiger partial charge < -0.3 is 14.2 Å². The van der Waals surface area contributed by atoms with E-state index in [2.05, 4.69) is 10.4 Å². The highest BCUT2D eigenvalue weighted by Gasteiger charge is 2.17. The molecule has 1 amide bonds. The number of aromatic nitrogens is 1. The van der Waals surface area contributed by atoms with E-state index >= 15 is 0 Å². The molecule has 25 heavy (non-hydrogen) atoms. The van der Waals surface area contributed by atoms with E-state index in [9.17, 15) is 4.79 Å². The lowest BCUT2D eigenvalue weighted by atomic mass is 10.2. The molecule has 0 radical (unpaired) electrons. The number of carbonyl (C=O) groups is 1. The summed E-state index contributed by atoms with van der Waals surface area (Å²) in [6.07, 6.45) is 0. The van der Waals surface area contributed by atoms with Crippen molar-refractivity contribution in [3.05, 3.63) is 35.3 Å². The van der Waals surface area contributed by atoms with Crippen molar-refractivity contribution >= 4 is 17.2 Å². The summed E-state index contributed by atoms with van der Waals surface area (Å²) >= 11 is 1.44. The molecule has 1 fully saturated rings. The average molecular weight is 363 g/mol. The molecule has 0 aliphatic carbocycles. The molecule has 0 saturated carbocycles. The molecule has 3 rings (SSSR count). The predicted octanol–water partition coefficient (Wildman–Crippen LogP) is 1.81. The number of nitrogens with zero attached hydrogens (tertiary/aromatic N) is 2. The Morgan fingerprint density at radius 2 is 2.04 bits per heavy atom. The molecule has 1 N–H and O–H groups in total. The van der Waals surface area contributed by atoms with Crippen LogP contribution in [0.15, 0.2) is 29.6 Å². The first-order valence-electron chi connectivity index (χ1n) is 8.07. The van der Waals surface area contributed by atoms with E-state index in [0.29, 0.717) is 45.2 Å². The first-order valence-corrected chi connectivity index (χ1v) is 8.95. The number of amides is 1. The Hall–Kier alpha value is -2.00. The van der Waals surface area contributed by atoms with Crippen LogP contribution in [0.2, 0.25) is 0 Å². The summed E-state index contributed by atoms with van der Waals surface area (Å²) in [5.74, 6) is 0.589. The van der Waals surface area contributed by atoms with Crippen LogP contribution in [0.1, 0.15) is 10.5 Å². The lowest BCUT2D eigenvalue weighted by Crippen LogP contribution is -2.48. The van der Waals surface area contributed by atoms with Gasteiger partial charge in [-0.3, -0.25) is 10.2 Å². The van der Waals surface area contributed by atoms with Crippen LogP contribution in [0.5, 0.6) is 5.75 Å². The number of benzene rings is 1. The minimum absolute atomic E-state index is 0.191. The van der Waals surface area contributed by atoms with Crippen molar-refractivity contribution in [3.8, 4) is 16.3 Å². The molecular weight excluding hydrogens is 342 g/mol. The SMILES string of the molecule is COCCOc1ccc(-c2nc(C(=O)NN3CCOCC3)cs2)cc1. The molecule has 2 heterocycles. The number of methoxy groups -OCH3 is 1. The second-order valence-electron chi connectivity index (χ2n) is 5.44. The van der Waals surface area contributed by atoms with Gasteiger partial charge in [0.25, 0.3) is 5.91 Å². The highest BCUT2D eigenvalue weighted by atomic mass is 32.1. The molecule has 0 spiro atoms. The molecule has 1 aliphatic heterocycles. The fourth-order valence-electron chi connectivity index (χ4n) is 2.32. The number of nitrogens with one attached hydrogen (secondary N) is 1. The van der Waals surface area contributed by atoms with E-state index in [4.69, 9.17) is 14.2 Å². The standard InChI is InChI=1S/C17H21N3O4S/c1-22-10-11-24-14-4-2-13(3-5-14)17-18-15(12-25-17)16(21)19-20-6-8-23-9-7-20/h2-5,12H,6-11H2,1H3,(H,19,21). The van der Waals surface area contributed by atoms with Gasteiger partial charge in [-0.15, -0.1) is 11.3 Å². The molecule has 1 saturated heterocycles. The third-order valence-electron chi connectivity index (χ3n) is 3.67. The zero-order valence-corrected chi connectivity index (χ0v) is 14.9. The number of hydrogen-bond acceptors (Lipinski definition) is 7. The minimum Gasteiger partial charge on any atom is -0.491 e. The molecule has 0 atom stereocenters. The van der Waals surface area contributed by atoms with Crippen LogP contribution in [0.4, 0.5) is 0 Å². The summed E-state index contributed by atoms with van der Waals surface area (Å²) in [4.78, 5) is 16.7. The maximum absolute atomic E-state index is 12.3. The summed E-state index contributed by atoms with van der Waals surface area (Å²) in [5, 5.41) is 4.43. The molecule has 1 aromatic heterocycles. The first kappa shape index (κ1) is 17.8. The molecule has 134 valence electrons. The molecule has 1 aromatic carbocycles. The summed E-state index contributed by atoms with van der Waals surface area (Å²) in [5.41, 5.74) is 4.24. The quantitative estimate of drug-likeness (QED) is 0.757. The molecule has 0 unspecified atom stereocenters. The average Bonchev–Trinajstić information content (AvgIpc) is 3.14. The van der Waals surface area contributed by atoms with E-state index in [1.54, 1.807) is 12.5 Å². The second kappa shape index (κ2) is 8.91. The van der Waals surface area contributed by atoms with Gasteiger partial charge in [-0.05, 0) is 24.3 Å². The molecule has 0 bridgehead atoms. The summed E-state index contributed by atoms with van der Waals surface area (Å²) in [6, 6.07) is 7.65. The zero-order chi connectivity index (χ0) is 17.5. The van der Waals surface area contributed by atoms with Crippen molar-refractivity contribution in [2.75, 3.05) is 46.6 Å². The third-order valence-corrected chi connectivity index (χ3v) is 4.56. The molecule has 7 nitrogen and oxygen atoms in total. The van der Waals surface area contributed by atoms with Crippen molar-refractivity contribution in [1.29, 1.82) is 0 Å². The van der Waals surface area contributed by atoms with Gasteiger partial charge in [-0.2, -0.15) is 0 Å². The lowest BCUT2D eigenvalue weighted by molar-refractivity contribution is 0.0125. The Bertz CT molecular complexity index is 683. The van der Waals surface area contributed by atoms with Gasteiger partial charge in [-0.25, -0.2) is 9.99 Å². The van der Waals surface area contributed by atoms with E-state index < -0.39 is 0 Å². The number of ether oxygens (including phenoxy) is 3. The van der Waals surface area contributed by atoms with E-state index in [-0.39, 0.29) is 5.91 Å². The maximum atomic E-state index is 12.3. The van der Waals surface area contributed by atoms with Crippen LogP contribution < -0.4 is 10.2 Å². The zero-order valence-electron chi connectivity index (χ0n) is 14.1. The summed E-state index contributed by atoms with van der Waals surface area (Å²) in [7, 11) is 1.64. The number of rotatable bonds is 7. The Kier molecular flexibility index (Phi) is 6.35. The smallest absolute Gasteiger partial charge is 0.285 e. The van der Waals surface area contributed by atoms with Crippen LogP contribution in [0.25, 0.3) is 10.6 Å². The van der Waals surface area contributed by atoms with Gasteiger partial charge >= 0.3 is 0 Å². The van der Waals surface area contributed by atoms with Gasteiger partial charge in [0.05, 0.1) is 19.8 Å². The first-order chi connectivity index (χ1) is 12.3. The van der Waals surface area contributed by atoms with Crippen molar-refractivity contribution < 1.29 is 19.0 Å². The highest BCUT2D eigenvalue weighted by molar-refractivity contribution is 7.13. The maximum Gasteiger partial charge on any atom is 0.285 e. The Labute approximate surface area is 150 Å². The molecule has 1 aliphatic rings. The normalized spacial score (nSPS) is 15.1. The number of hydrogen-bond donors (Lipinski definition) is 1. The molecule has 8 heteroatoms. The van der Waals surface area contributed by atoms with Crippen molar-refractivity contribution in [3.63, 3.8) is 0 Å². The van der Waals surface area contributed by atoms with Crippen molar-refractivity contribution in [1.82, 2.24) is 15.4 Å². The number of carbonyl (C=O) groups excluding carboxylic acids is 1. The van der Waals surface area contributed by atoms with E-state index in [1.807, 2.05) is 29.3 Å². The van der Waals surface area contributed by atoms with Gasteiger partial charge in [0.1, 0.15) is 23.1 Å². The summed E-state index contributed by atoms with van der Waals surface area (Å²) in [6.45, 7) is 3.69. The number of thiazole rings is 1. The Morgan fingerprint density at radius 1 is 1.28 bits per heavy atom. The minimum atomic E-state index is -0.191. The van der Waals surface area contributed by atoms with Crippen LogP contribution >= 0.6 is 11.3 Å². The van der Waals surface area contributed by atoms with E-state index in [1.165, 1.54) is 11.3 Å². The largest absolute Gasteiger partial charge is 0.491 e. The summed E-state index contributed by atoms with van der Waals surface area (Å²) < 4.78 is 15.8. The van der Waals surface area contributed by atoms with Crippen LogP contribution in [-0.2, 0) is 9.47 Å². The van der Waals surface area contributed by atoms with Crippen LogP contribution in [-0.4, -0.2) is 62.5 Å². The fraction of sp³-hybridized carbons (Fsp3) is 0.412. The van der Waals surface area contributed by atoms with Gasteiger partial charge in [0.15, 0.2) is 0 Å². The fourth-order valence-corrected chi connectivity index (χ4v) is 3.13. The lowest BCUT2D eigenvalue weighted by Gasteiger charge is -2.26. The monoisotopic (exact) mass is 363 g/mol. The second-order valence-corrected chi connectivity index (χ2v) is 6.30. The molecule has 2 aromatic rings. The van der Waals surface area contributed by atoms with Crippen molar-refractivity contribution in [2.24, 2.45) is 0 Å². The predicted molar refractivity (Wildman–Crippen MR) is 94.8 cm³/mol.